The van der Waals surface area contributed by atoms with Crippen LogP contribution in [-0.2, 0) is 0 Å². The lowest BCUT2D eigenvalue weighted by atomic mass is 10.0. The molecule has 0 aliphatic carbocycles. The molecule has 11 aromatic rings. The highest BCUT2D eigenvalue weighted by Gasteiger charge is 2.23. The van der Waals surface area contributed by atoms with Crippen LogP contribution in [0.1, 0.15) is 0 Å². The predicted molar refractivity (Wildman–Crippen MR) is 230 cm³/mol. The summed E-state index contributed by atoms with van der Waals surface area (Å²) in [5.74, 6) is 1.85. The third kappa shape index (κ3) is 5.21. The molecule has 5 nitrogen and oxygen atoms in total. The highest BCUT2D eigenvalue weighted by Crippen LogP contribution is 2.41. The predicted octanol–water partition coefficient (Wildman–Crippen LogP) is 12.7. The van der Waals surface area contributed by atoms with Gasteiger partial charge in [0, 0.05) is 43.9 Å². The summed E-state index contributed by atoms with van der Waals surface area (Å²) in [5.41, 5.74) is 11.6. The van der Waals surface area contributed by atoms with Crippen molar-refractivity contribution >= 4 is 43.6 Å². The van der Waals surface area contributed by atoms with E-state index in [1.807, 2.05) is 24.3 Å². The lowest BCUT2D eigenvalue weighted by Gasteiger charge is -2.16. The van der Waals surface area contributed by atoms with Crippen LogP contribution in [0, 0.1) is 0 Å². The Bertz CT molecular complexity index is 3170. The highest BCUT2D eigenvalue weighted by molar-refractivity contribution is 6.13. The van der Waals surface area contributed by atoms with Crippen LogP contribution in [0.5, 0.6) is 0 Å². The van der Waals surface area contributed by atoms with Gasteiger partial charge in [0.25, 0.3) is 0 Å². The Hall–Kier alpha value is -7.63. The third-order valence-corrected chi connectivity index (χ3v) is 10.8. The Morgan fingerprint density at radius 2 is 0.696 bits per heavy atom. The number of benzene rings is 8. The molecule has 0 spiro atoms. The summed E-state index contributed by atoms with van der Waals surface area (Å²) in [7, 11) is 0. The summed E-state index contributed by atoms with van der Waals surface area (Å²) in [6, 6.07) is 70.3. The van der Waals surface area contributed by atoms with Crippen LogP contribution in [0.25, 0.3) is 100 Å². The van der Waals surface area contributed by atoms with E-state index in [1.165, 1.54) is 16.3 Å². The van der Waals surface area contributed by atoms with Crippen molar-refractivity contribution < 1.29 is 0 Å². The molecule has 0 saturated heterocycles. The van der Waals surface area contributed by atoms with Gasteiger partial charge in [0.15, 0.2) is 17.5 Å². The first-order valence-corrected chi connectivity index (χ1v) is 18.9. The maximum atomic E-state index is 5.34. The van der Waals surface area contributed by atoms with Crippen molar-refractivity contribution in [3.63, 3.8) is 0 Å². The monoisotopic (exact) mass is 715 g/mol. The Morgan fingerprint density at radius 3 is 1.29 bits per heavy atom. The summed E-state index contributed by atoms with van der Waals surface area (Å²) in [5, 5.41) is 4.67. The molecule has 56 heavy (non-hydrogen) atoms. The van der Waals surface area contributed by atoms with Gasteiger partial charge < -0.3 is 9.13 Å². The van der Waals surface area contributed by atoms with E-state index in [2.05, 4.69) is 185 Å². The van der Waals surface area contributed by atoms with E-state index in [0.29, 0.717) is 17.5 Å². The number of fused-ring (bicyclic) bond motifs is 6. The molecule has 0 N–H and O–H groups in total. The Kier molecular flexibility index (Phi) is 7.42. The van der Waals surface area contributed by atoms with E-state index in [9.17, 15) is 0 Å². The number of hydrogen-bond acceptors (Lipinski definition) is 3. The average molecular weight is 716 g/mol. The fourth-order valence-corrected chi connectivity index (χ4v) is 8.19. The zero-order valence-corrected chi connectivity index (χ0v) is 30.3. The Balaban J connectivity index is 1.24. The number of nitrogens with zero attached hydrogens (tertiary/aromatic N) is 5. The summed E-state index contributed by atoms with van der Waals surface area (Å²) in [6.45, 7) is 0. The first-order chi connectivity index (χ1) is 27.8. The second-order valence-electron chi connectivity index (χ2n) is 14.1. The van der Waals surface area contributed by atoms with Crippen LogP contribution in [0.15, 0.2) is 200 Å². The van der Waals surface area contributed by atoms with Gasteiger partial charge in [-0.2, -0.15) is 0 Å². The van der Waals surface area contributed by atoms with Gasteiger partial charge >= 0.3 is 0 Å². The number of rotatable bonds is 6. The summed E-state index contributed by atoms with van der Waals surface area (Å²) < 4.78 is 4.75. The average Bonchev–Trinajstić information content (AvgIpc) is 3.79. The molecular weight excluding hydrogens is 683 g/mol. The maximum Gasteiger partial charge on any atom is 0.166 e. The number of aromatic nitrogens is 5. The Morgan fingerprint density at radius 1 is 0.286 bits per heavy atom. The SMILES string of the molecule is c1ccc(-c2ccc(-c3nc(-c4ccccc4)nc(-c4cc5c6ccccc6n(-c6ccccc6)c5cc4-n4c5ccccc5c5ccccc54)n3)cc2)cc1. The molecule has 8 aromatic carbocycles. The molecule has 262 valence electrons. The lowest BCUT2D eigenvalue weighted by Crippen LogP contribution is -2.04. The molecule has 0 bridgehead atoms. The van der Waals surface area contributed by atoms with E-state index in [-0.39, 0.29) is 0 Å². The normalized spacial score (nSPS) is 11.6. The van der Waals surface area contributed by atoms with Crippen LogP contribution < -0.4 is 0 Å². The molecule has 0 aliphatic heterocycles. The van der Waals surface area contributed by atoms with E-state index in [1.54, 1.807) is 0 Å². The van der Waals surface area contributed by atoms with Crippen molar-refractivity contribution in [1.82, 2.24) is 24.1 Å². The summed E-state index contributed by atoms with van der Waals surface area (Å²) in [6.07, 6.45) is 0. The van der Waals surface area contributed by atoms with Crippen molar-refractivity contribution in [2.45, 2.75) is 0 Å². The minimum Gasteiger partial charge on any atom is -0.309 e. The molecular formula is C51H33N5. The lowest BCUT2D eigenvalue weighted by molar-refractivity contribution is 1.06. The molecule has 0 fully saturated rings. The third-order valence-electron chi connectivity index (χ3n) is 10.8. The van der Waals surface area contributed by atoms with E-state index >= 15 is 0 Å². The second-order valence-corrected chi connectivity index (χ2v) is 14.1. The van der Waals surface area contributed by atoms with Gasteiger partial charge in [-0.25, -0.2) is 15.0 Å². The molecule has 0 radical (unpaired) electrons. The second kappa shape index (κ2) is 13.0. The smallest absolute Gasteiger partial charge is 0.166 e. The fraction of sp³-hybridized carbons (Fsp3) is 0. The first kappa shape index (κ1) is 31.9. The van der Waals surface area contributed by atoms with Crippen LogP contribution in [0.3, 0.4) is 0 Å². The zero-order valence-electron chi connectivity index (χ0n) is 30.3. The van der Waals surface area contributed by atoms with Gasteiger partial charge in [-0.15, -0.1) is 0 Å². The minimum absolute atomic E-state index is 0.608. The molecule has 11 rings (SSSR count). The van der Waals surface area contributed by atoms with Crippen molar-refractivity contribution in [2.24, 2.45) is 0 Å². The van der Waals surface area contributed by atoms with Crippen molar-refractivity contribution in [3.8, 4) is 56.7 Å². The van der Waals surface area contributed by atoms with Gasteiger partial charge in [0.05, 0.1) is 27.8 Å². The molecule has 0 aliphatic rings. The van der Waals surface area contributed by atoms with Crippen LogP contribution in [-0.4, -0.2) is 24.1 Å². The molecule has 0 unspecified atom stereocenters. The summed E-state index contributed by atoms with van der Waals surface area (Å²) >= 11 is 0. The van der Waals surface area contributed by atoms with Crippen LogP contribution in [0.4, 0.5) is 0 Å². The highest BCUT2D eigenvalue weighted by atomic mass is 15.1. The molecule has 3 aromatic heterocycles. The van der Waals surface area contributed by atoms with E-state index in [4.69, 9.17) is 15.0 Å². The molecule has 3 heterocycles. The topological polar surface area (TPSA) is 48.5 Å². The van der Waals surface area contributed by atoms with Gasteiger partial charge in [0.2, 0.25) is 0 Å². The van der Waals surface area contributed by atoms with Crippen molar-refractivity contribution in [2.75, 3.05) is 0 Å². The molecule has 0 saturated carbocycles. The van der Waals surface area contributed by atoms with Crippen LogP contribution >= 0.6 is 0 Å². The van der Waals surface area contributed by atoms with Gasteiger partial charge in [-0.1, -0.05) is 158 Å². The quantitative estimate of drug-likeness (QED) is 0.172. The largest absolute Gasteiger partial charge is 0.309 e. The van der Waals surface area contributed by atoms with Crippen molar-refractivity contribution in [1.29, 1.82) is 0 Å². The van der Waals surface area contributed by atoms with E-state index < -0.39 is 0 Å². The maximum absolute atomic E-state index is 5.34. The zero-order chi connectivity index (χ0) is 37.0. The standard InChI is InChI=1S/C51H33N5/c1-4-16-34(17-5-1)35-28-30-37(31-29-35)50-52-49(36-18-6-2-7-19-36)53-51(54-50)43-32-42-41-24-12-13-25-44(41)55(38-20-8-3-9-21-38)47(42)33-48(43)56-45-26-14-10-22-39(45)40-23-11-15-27-46(40)56/h1-33H. The molecule has 0 amide bonds. The fourth-order valence-electron chi connectivity index (χ4n) is 8.19. The first-order valence-electron chi connectivity index (χ1n) is 18.9. The van der Waals surface area contributed by atoms with Crippen LogP contribution in [0.2, 0.25) is 0 Å². The number of para-hydroxylation sites is 4. The van der Waals surface area contributed by atoms with E-state index in [0.717, 1.165) is 66.5 Å². The Labute approximate surface area is 323 Å². The van der Waals surface area contributed by atoms with Gasteiger partial charge in [0.1, 0.15) is 0 Å². The summed E-state index contributed by atoms with van der Waals surface area (Å²) in [4.78, 5) is 15.8. The van der Waals surface area contributed by atoms with Gasteiger partial charge in [-0.3, -0.25) is 0 Å². The molecule has 0 atom stereocenters. The number of hydrogen-bond donors (Lipinski definition) is 0. The minimum atomic E-state index is 0.608. The van der Waals surface area contributed by atoms with Crippen molar-refractivity contribution in [3.05, 3.63) is 200 Å². The van der Waals surface area contributed by atoms with Gasteiger partial charge in [-0.05, 0) is 53.6 Å². The molecule has 5 heteroatoms.